The number of alkyl halides is 3. The van der Waals surface area contributed by atoms with Gasteiger partial charge in [-0.05, 0) is 50.6 Å². The van der Waals surface area contributed by atoms with Gasteiger partial charge in [-0.15, -0.1) is 5.01 Å². The molecule has 1 heterocycles. The molecule has 2 aromatic carbocycles. The molecule has 3 rings (SSSR count). The normalized spacial score (nSPS) is 12.0. The number of aromatic nitrogens is 2. The van der Waals surface area contributed by atoms with Crippen molar-refractivity contribution < 1.29 is 50.5 Å². The number of benzene rings is 2. The first-order chi connectivity index (χ1) is 20.7. The number of ether oxygens (including phenoxy) is 2. The summed E-state index contributed by atoms with van der Waals surface area (Å²) in [6, 6.07) is 12.5. The number of aryl methyl sites for hydroxylation is 1. The van der Waals surface area contributed by atoms with E-state index >= 15 is 0 Å². The fraction of sp³-hybridized carbons (Fsp3) is 0.346. The van der Waals surface area contributed by atoms with E-state index in [1.165, 1.54) is 19.2 Å². The van der Waals surface area contributed by atoms with Gasteiger partial charge in [0.25, 0.3) is 16.8 Å². The summed E-state index contributed by atoms with van der Waals surface area (Å²) in [6.45, 7) is 2.80. The lowest BCUT2D eigenvalue weighted by atomic mass is 10.1. The van der Waals surface area contributed by atoms with Crippen LogP contribution in [-0.2, 0) is 35.3 Å². The van der Waals surface area contributed by atoms with E-state index in [4.69, 9.17) is 0 Å². The number of rotatable bonds is 13. The van der Waals surface area contributed by atoms with Gasteiger partial charge in [0.1, 0.15) is 0 Å². The standard InChI is InChI=1S/C26H29F3N6O8S/c1-4-41-25(37)42-17-43-32-35(38)33(3)15-5-6-24(36)31-44(39,40)21-13-11-20(12-14-21)34-22(16-23(30-34)26(27,28)29)19-9-7-18(2)8-10-19/h7-14,16H,4-6,15,17H2,1-3H3,(H,31,36). The monoisotopic (exact) mass is 642 g/mol. The maximum Gasteiger partial charge on any atom is 0.511 e. The van der Waals surface area contributed by atoms with Gasteiger partial charge in [0.05, 0.1) is 41.4 Å². The van der Waals surface area contributed by atoms with Crippen LogP contribution in [0, 0.1) is 12.1 Å². The SMILES string of the molecule is CCOC(=O)OCON=[N+]([O-])N(C)CCCC(=O)NS(=O)(=O)c1ccc(-n2nc(C(F)(F)F)cc2-c2ccc(C)cc2)cc1. The number of hydrogen-bond donors (Lipinski definition) is 1. The minimum atomic E-state index is -4.71. The van der Waals surface area contributed by atoms with Crippen molar-refractivity contribution in [3.8, 4) is 16.9 Å². The maximum atomic E-state index is 13.5. The molecule has 1 amide bonds. The van der Waals surface area contributed by atoms with Gasteiger partial charge in [0, 0.05) is 12.0 Å². The van der Waals surface area contributed by atoms with E-state index in [0.717, 1.165) is 33.5 Å². The summed E-state index contributed by atoms with van der Waals surface area (Å²) in [4.78, 5) is 27.5. The molecule has 0 aliphatic carbocycles. The van der Waals surface area contributed by atoms with Crippen LogP contribution in [0.1, 0.15) is 31.0 Å². The van der Waals surface area contributed by atoms with Crippen molar-refractivity contribution in [2.24, 2.45) is 5.28 Å². The highest BCUT2D eigenvalue weighted by molar-refractivity contribution is 7.90. The van der Waals surface area contributed by atoms with Crippen LogP contribution in [0.2, 0.25) is 0 Å². The summed E-state index contributed by atoms with van der Waals surface area (Å²) in [7, 11) is -3.00. The lowest BCUT2D eigenvalue weighted by Gasteiger charge is -2.13. The second-order valence-electron chi connectivity index (χ2n) is 9.11. The highest BCUT2D eigenvalue weighted by atomic mass is 32.2. The molecule has 0 saturated heterocycles. The van der Waals surface area contributed by atoms with E-state index in [0.29, 0.717) is 5.56 Å². The van der Waals surface area contributed by atoms with Crippen molar-refractivity contribution in [1.82, 2.24) is 19.5 Å². The van der Waals surface area contributed by atoms with E-state index < -0.39 is 40.7 Å². The van der Waals surface area contributed by atoms with Crippen LogP contribution < -0.4 is 4.72 Å². The molecule has 18 heteroatoms. The molecule has 0 atom stereocenters. The van der Waals surface area contributed by atoms with Crippen molar-refractivity contribution in [3.63, 3.8) is 0 Å². The molecule has 14 nitrogen and oxygen atoms in total. The Labute approximate surface area is 250 Å². The Balaban J connectivity index is 1.60. The van der Waals surface area contributed by atoms with E-state index in [2.05, 4.69) is 24.7 Å². The third-order valence-electron chi connectivity index (χ3n) is 5.78. The van der Waals surface area contributed by atoms with Gasteiger partial charge in [-0.25, -0.2) is 22.6 Å². The predicted octanol–water partition coefficient (Wildman–Crippen LogP) is 4.32. The highest BCUT2D eigenvalue weighted by Gasteiger charge is 2.35. The Morgan fingerprint density at radius 3 is 2.39 bits per heavy atom. The molecule has 0 radical (unpaired) electrons. The molecule has 0 saturated carbocycles. The summed E-state index contributed by atoms with van der Waals surface area (Å²) < 4.78 is 77.8. The van der Waals surface area contributed by atoms with Crippen molar-refractivity contribution in [2.75, 3.05) is 27.0 Å². The Kier molecular flexibility index (Phi) is 11.1. The molecule has 0 fully saturated rings. The van der Waals surface area contributed by atoms with Crippen LogP contribution in [0.15, 0.2) is 64.8 Å². The molecule has 0 unspecified atom stereocenters. The summed E-state index contributed by atoms with van der Waals surface area (Å²) in [5.74, 6) is -0.862. The minimum Gasteiger partial charge on any atom is -0.569 e. The molecule has 1 N–H and O–H groups in total. The van der Waals surface area contributed by atoms with E-state index in [-0.39, 0.29) is 47.2 Å². The first kappa shape index (κ1) is 33.6. The Morgan fingerprint density at radius 1 is 1.11 bits per heavy atom. The van der Waals surface area contributed by atoms with Crippen molar-refractivity contribution >= 4 is 22.1 Å². The molecule has 1 aromatic heterocycles. The van der Waals surface area contributed by atoms with Crippen LogP contribution in [0.3, 0.4) is 0 Å². The van der Waals surface area contributed by atoms with Gasteiger partial charge in [0.2, 0.25) is 11.2 Å². The molecule has 238 valence electrons. The van der Waals surface area contributed by atoms with Crippen molar-refractivity contribution in [1.29, 1.82) is 0 Å². The fourth-order valence-electron chi connectivity index (χ4n) is 3.60. The van der Waals surface area contributed by atoms with Gasteiger partial charge < -0.3 is 19.5 Å². The number of carbonyl (C=O) groups excluding carboxylic acids is 2. The van der Waals surface area contributed by atoms with Crippen LogP contribution >= 0.6 is 0 Å². The number of sulfonamides is 1. The smallest absolute Gasteiger partial charge is 0.511 e. The lowest BCUT2D eigenvalue weighted by molar-refractivity contribution is -0.706. The Morgan fingerprint density at radius 2 is 1.77 bits per heavy atom. The topological polar surface area (TPSA) is 167 Å². The third kappa shape index (κ3) is 9.32. The molecule has 44 heavy (non-hydrogen) atoms. The largest absolute Gasteiger partial charge is 0.569 e. The maximum absolute atomic E-state index is 13.5. The number of carbonyl (C=O) groups is 2. The molecule has 0 aliphatic heterocycles. The Hall–Kier alpha value is -4.87. The van der Waals surface area contributed by atoms with Crippen LogP contribution in [0.5, 0.6) is 0 Å². The molecule has 3 aromatic rings. The minimum absolute atomic E-state index is 0.0235. The average Bonchev–Trinajstić information content (AvgIpc) is 3.42. The predicted molar refractivity (Wildman–Crippen MR) is 146 cm³/mol. The number of nitrogens with zero attached hydrogens (tertiary/aromatic N) is 5. The average molecular weight is 643 g/mol. The quantitative estimate of drug-likeness (QED) is 0.0708. The number of nitrogens with one attached hydrogen (secondary N) is 1. The van der Waals surface area contributed by atoms with E-state index in [1.54, 1.807) is 31.2 Å². The number of hydrazine groups is 1. The second kappa shape index (κ2) is 14.5. The fourth-order valence-corrected chi connectivity index (χ4v) is 4.61. The van der Waals surface area contributed by atoms with Gasteiger partial charge in [0.15, 0.2) is 5.69 Å². The van der Waals surface area contributed by atoms with Gasteiger partial charge in [-0.3, -0.25) is 4.79 Å². The summed E-state index contributed by atoms with van der Waals surface area (Å²) >= 11 is 0. The number of amides is 1. The summed E-state index contributed by atoms with van der Waals surface area (Å²) in [5, 5.41) is 19.7. The molecule has 0 aliphatic rings. The third-order valence-corrected chi connectivity index (χ3v) is 7.17. The molecular formula is C26H29F3N6O8S. The van der Waals surface area contributed by atoms with Crippen LogP contribution in [0.25, 0.3) is 16.9 Å². The first-order valence-corrected chi connectivity index (χ1v) is 14.4. The van der Waals surface area contributed by atoms with Crippen molar-refractivity contribution in [2.45, 2.75) is 37.8 Å². The zero-order valence-electron chi connectivity index (χ0n) is 23.8. The first-order valence-electron chi connectivity index (χ1n) is 12.9. The number of hydrogen-bond acceptors (Lipinski definition) is 10. The second-order valence-corrected chi connectivity index (χ2v) is 10.8. The summed E-state index contributed by atoms with van der Waals surface area (Å²) in [5.41, 5.74) is 0.567. The lowest BCUT2D eigenvalue weighted by Crippen LogP contribution is -2.32. The van der Waals surface area contributed by atoms with E-state index in [9.17, 15) is 36.4 Å². The van der Waals surface area contributed by atoms with Gasteiger partial charge >= 0.3 is 12.3 Å². The van der Waals surface area contributed by atoms with Crippen LogP contribution in [-0.4, -0.2) is 67.2 Å². The van der Waals surface area contributed by atoms with Gasteiger partial charge in [-0.2, -0.15) is 18.3 Å². The Bertz CT molecular complexity index is 1580. The summed E-state index contributed by atoms with van der Waals surface area (Å²) in [6.07, 6.45) is -5.94. The van der Waals surface area contributed by atoms with Gasteiger partial charge in [-0.1, -0.05) is 29.8 Å². The molecule has 0 bridgehead atoms. The highest BCUT2D eigenvalue weighted by Crippen LogP contribution is 2.33. The molecular weight excluding hydrogens is 613 g/mol. The molecule has 0 spiro atoms. The zero-order chi connectivity index (χ0) is 32.5. The van der Waals surface area contributed by atoms with E-state index in [1.807, 2.05) is 11.6 Å². The zero-order valence-corrected chi connectivity index (χ0v) is 24.6. The van der Waals surface area contributed by atoms with Crippen LogP contribution in [0.4, 0.5) is 18.0 Å². The van der Waals surface area contributed by atoms with Crippen molar-refractivity contribution in [3.05, 3.63) is 71.1 Å². The number of halogens is 3.